The number of unbranched alkanes of at least 4 members (excludes halogenated alkanes) is 1. The Kier molecular flexibility index (Phi) is 5.45. The van der Waals surface area contributed by atoms with Gasteiger partial charge in [-0.3, -0.25) is 0 Å². The molecule has 0 amide bonds. The first-order valence-electron chi connectivity index (χ1n) is 7.52. The lowest BCUT2D eigenvalue weighted by Crippen LogP contribution is -2.38. The van der Waals surface area contributed by atoms with E-state index in [4.69, 9.17) is 0 Å². The number of halogens is 3. The van der Waals surface area contributed by atoms with E-state index in [2.05, 4.69) is 17.2 Å². The second-order valence-electron chi connectivity index (χ2n) is 5.49. The van der Waals surface area contributed by atoms with Crippen molar-refractivity contribution in [2.24, 2.45) is 0 Å². The molecule has 6 heteroatoms. The molecule has 1 aromatic rings. The lowest BCUT2D eigenvalue weighted by atomic mass is 10.2. The molecule has 0 aliphatic carbocycles. The van der Waals surface area contributed by atoms with E-state index in [-0.39, 0.29) is 0 Å². The van der Waals surface area contributed by atoms with Crippen molar-refractivity contribution < 1.29 is 13.2 Å². The van der Waals surface area contributed by atoms with Crippen LogP contribution in [0, 0.1) is 0 Å². The van der Waals surface area contributed by atoms with E-state index in [1.54, 1.807) is 0 Å². The average molecular weight is 301 g/mol. The van der Waals surface area contributed by atoms with Gasteiger partial charge in [0.25, 0.3) is 0 Å². The van der Waals surface area contributed by atoms with Crippen LogP contribution in [0.3, 0.4) is 0 Å². The van der Waals surface area contributed by atoms with Gasteiger partial charge in [0.15, 0.2) is 0 Å². The highest BCUT2D eigenvalue weighted by atomic mass is 19.4. The summed E-state index contributed by atoms with van der Waals surface area (Å²) in [6, 6.07) is 2.53. The van der Waals surface area contributed by atoms with Crippen molar-refractivity contribution in [3.63, 3.8) is 0 Å². The molecule has 21 heavy (non-hydrogen) atoms. The predicted octanol–water partition coefficient (Wildman–Crippen LogP) is 3.46. The molecule has 1 aliphatic heterocycles. The van der Waals surface area contributed by atoms with Crippen LogP contribution in [0.25, 0.3) is 0 Å². The van der Waals surface area contributed by atoms with Crippen molar-refractivity contribution in [1.82, 2.24) is 10.3 Å². The van der Waals surface area contributed by atoms with Gasteiger partial charge in [0.2, 0.25) is 0 Å². The molecule has 0 radical (unpaired) electrons. The molecule has 2 rings (SSSR count). The van der Waals surface area contributed by atoms with E-state index < -0.39 is 11.7 Å². The van der Waals surface area contributed by atoms with Gasteiger partial charge in [0.1, 0.15) is 5.82 Å². The van der Waals surface area contributed by atoms with Crippen molar-refractivity contribution in [3.05, 3.63) is 23.9 Å². The quantitative estimate of drug-likeness (QED) is 0.872. The van der Waals surface area contributed by atoms with Crippen LogP contribution in [0.5, 0.6) is 0 Å². The molecular weight excluding hydrogens is 279 g/mol. The van der Waals surface area contributed by atoms with E-state index in [1.807, 2.05) is 4.90 Å². The van der Waals surface area contributed by atoms with Gasteiger partial charge >= 0.3 is 6.18 Å². The maximum atomic E-state index is 12.8. The number of alkyl halides is 3. The fourth-order valence-electron chi connectivity index (χ4n) is 2.59. The topological polar surface area (TPSA) is 28.2 Å². The third-order valence-corrected chi connectivity index (χ3v) is 3.78. The minimum Gasteiger partial charge on any atom is -0.355 e. The van der Waals surface area contributed by atoms with Crippen LogP contribution < -0.4 is 10.2 Å². The van der Waals surface area contributed by atoms with Gasteiger partial charge in [-0.15, -0.1) is 0 Å². The Balaban J connectivity index is 2.14. The number of nitrogens with zero attached hydrogens (tertiary/aromatic N) is 2. The minimum atomic E-state index is -4.32. The molecule has 1 aromatic heterocycles. The normalized spacial score (nSPS) is 19.0. The Hall–Kier alpha value is -1.30. The molecule has 1 atom stereocenters. The van der Waals surface area contributed by atoms with Crippen LogP contribution in [0.2, 0.25) is 0 Å². The smallest absolute Gasteiger partial charge is 0.355 e. The number of hydrogen-bond acceptors (Lipinski definition) is 3. The molecule has 1 aliphatic rings. The summed E-state index contributed by atoms with van der Waals surface area (Å²) in [7, 11) is 0. The van der Waals surface area contributed by atoms with Crippen molar-refractivity contribution in [2.45, 2.75) is 44.8 Å². The van der Waals surface area contributed by atoms with E-state index in [1.165, 1.54) is 6.20 Å². The first-order valence-corrected chi connectivity index (χ1v) is 7.52. The van der Waals surface area contributed by atoms with Gasteiger partial charge in [0, 0.05) is 25.3 Å². The van der Waals surface area contributed by atoms with E-state index in [9.17, 15) is 13.2 Å². The van der Waals surface area contributed by atoms with Crippen molar-refractivity contribution in [3.8, 4) is 0 Å². The molecule has 1 fully saturated rings. The zero-order valence-corrected chi connectivity index (χ0v) is 12.3. The summed E-state index contributed by atoms with van der Waals surface area (Å²) in [5, 5.41) is 3.39. The Morgan fingerprint density at radius 2 is 2.24 bits per heavy atom. The summed E-state index contributed by atoms with van der Waals surface area (Å²) in [6.45, 7) is 4.52. The van der Waals surface area contributed by atoms with Crippen LogP contribution in [0.15, 0.2) is 18.3 Å². The highest BCUT2D eigenvalue weighted by molar-refractivity contribution is 5.42. The van der Waals surface area contributed by atoms with E-state index in [0.29, 0.717) is 18.4 Å². The summed E-state index contributed by atoms with van der Waals surface area (Å²) in [4.78, 5) is 6.12. The molecule has 0 aromatic carbocycles. The fourth-order valence-corrected chi connectivity index (χ4v) is 2.59. The van der Waals surface area contributed by atoms with Gasteiger partial charge in [-0.05, 0) is 37.9 Å². The Labute approximate surface area is 123 Å². The van der Waals surface area contributed by atoms with Gasteiger partial charge in [-0.2, -0.15) is 13.2 Å². The highest BCUT2D eigenvalue weighted by Crippen LogP contribution is 2.30. The molecule has 118 valence electrons. The average Bonchev–Trinajstić information content (AvgIpc) is 2.95. The van der Waals surface area contributed by atoms with Crippen LogP contribution in [-0.2, 0) is 6.18 Å². The number of aromatic nitrogens is 1. The summed E-state index contributed by atoms with van der Waals surface area (Å²) in [5.74, 6) is 0.423. The van der Waals surface area contributed by atoms with Gasteiger partial charge < -0.3 is 10.2 Å². The fraction of sp³-hybridized carbons (Fsp3) is 0.667. The number of nitrogens with one attached hydrogen (secondary N) is 1. The summed E-state index contributed by atoms with van der Waals surface area (Å²) < 4.78 is 38.5. The van der Waals surface area contributed by atoms with Crippen molar-refractivity contribution in [2.75, 3.05) is 24.5 Å². The lowest BCUT2D eigenvalue weighted by Gasteiger charge is -2.27. The molecule has 0 saturated carbocycles. The zero-order chi connectivity index (χ0) is 15.3. The van der Waals surface area contributed by atoms with Gasteiger partial charge in [-0.25, -0.2) is 4.98 Å². The van der Waals surface area contributed by atoms with Crippen molar-refractivity contribution in [1.29, 1.82) is 0 Å². The first-order chi connectivity index (χ1) is 10.0. The molecule has 2 heterocycles. The third kappa shape index (κ3) is 4.59. The molecule has 1 N–H and O–H groups in total. The van der Waals surface area contributed by atoms with Crippen molar-refractivity contribution >= 4 is 5.82 Å². The molecule has 3 nitrogen and oxygen atoms in total. The van der Waals surface area contributed by atoms with Crippen LogP contribution in [0.1, 0.15) is 38.2 Å². The van der Waals surface area contributed by atoms with Gasteiger partial charge in [-0.1, -0.05) is 13.3 Å². The van der Waals surface area contributed by atoms with E-state index >= 15 is 0 Å². The molecule has 1 saturated heterocycles. The number of hydrogen-bond donors (Lipinski definition) is 1. The molecule has 1 unspecified atom stereocenters. The number of rotatable bonds is 6. The Morgan fingerprint density at radius 1 is 1.43 bits per heavy atom. The van der Waals surface area contributed by atoms with Crippen LogP contribution >= 0.6 is 0 Å². The SMILES string of the molecule is CCCCN(CC1CCCN1)c1cc(C(F)(F)F)ccn1. The summed E-state index contributed by atoms with van der Waals surface area (Å²) >= 11 is 0. The number of pyridine rings is 1. The predicted molar refractivity (Wildman–Crippen MR) is 77.4 cm³/mol. The molecular formula is C15H22F3N3. The lowest BCUT2D eigenvalue weighted by molar-refractivity contribution is -0.137. The van der Waals surface area contributed by atoms with Crippen LogP contribution in [0.4, 0.5) is 19.0 Å². The maximum Gasteiger partial charge on any atom is 0.416 e. The molecule has 0 spiro atoms. The number of anilines is 1. The van der Waals surface area contributed by atoms with Gasteiger partial charge in [0.05, 0.1) is 5.56 Å². The highest BCUT2D eigenvalue weighted by Gasteiger charge is 2.31. The minimum absolute atomic E-state index is 0.346. The second-order valence-corrected chi connectivity index (χ2v) is 5.49. The maximum absolute atomic E-state index is 12.8. The first kappa shape index (κ1) is 16.1. The monoisotopic (exact) mass is 301 g/mol. The molecule has 0 bridgehead atoms. The standard InChI is InChI=1S/C15H22F3N3/c1-2-3-9-21(11-13-5-4-7-19-13)14-10-12(6-8-20-14)15(16,17)18/h6,8,10,13,19H,2-5,7,9,11H2,1H3. The summed E-state index contributed by atoms with van der Waals surface area (Å²) in [6.07, 6.45) is 1.08. The summed E-state index contributed by atoms with van der Waals surface area (Å²) in [5.41, 5.74) is -0.631. The van der Waals surface area contributed by atoms with E-state index in [0.717, 1.165) is 50.9 Å². The largest absolute Gasteiger partial charge is 0.416 e. The third-order valence-electron chi connectivity index (χ3n) is 3.78. The Bertz CT molecular complexity index is 442. The second kappa shape index (κ2) is 7.11. The zero-order valence-electron chi connectivity index (χ0n) is 12.3. The Morgan fingerprint density at radius 3 is 2.86 bits per heavy atom. The van der Waals surface area contributed by atoms with Crippen LogP contribution in [-0.4, -0.2) is 30.7 Å².